The Morgan fingerprint density at radius 2 is 1.71 bits per heavy atom. The number of anilines is 1. The Morgan fingerprint density at radius 3 is 2.44 bits per heavy atom. The number of rotatable bonds is 5. The Balaban J connectivity index is 1.71. The van der Waals surface area contributed by atoms with Crippen molar-refractivity contribution in [2.24, 2.45) is 0 Å². The molecule has 0 aliphatic heterocycles. The van der Waals surface area contributed by atoms with Crippen LogP contribution in [0.15, 0.2) is 73.3 Å². The number of H-pyrrole nitrogens is 1. The molecule has 2 N–H and O–H groups in total. The van der Waals surface area contributed by atoms with Gasteiger partial charge in [0, 0.05) is 5.02 Å². The minimum absolute atomic E-state index is 0.139. The summed E-state index contributed by atoms with van der Waals surface area (Å²) in [5.74, 6) is 0.648. The molecule has 2 heterocycles. The molecule has 166 valence electrons. The molecule has 0 fully saturated rings. The highest BCUT2D eigenvalue weighted by Crippen LogP contribution is 2.43. The summed E-state index contributed by atoms with van der Waals surface area (Å²) in [6.45, 7) is 4.11. The topological polar surface area (TPSA) is 90.3 Å². The van der Waals surface area contributed by atoms with Gasteiger partial charge in [0.05, 0.1) is 24.0 Å². The molecule has 0 saturated carbocycles. The number of hydrogen-bond donors (Lipinski definition) is 2. The van der Waals surface area contributed by atoms with Gasteiger partial charge in [0.15, 0.2) is 11.5 Å². The third-order valence-corrected chi connectivity index (χ3v) is 6.35. The van der Waals surface area contributed by atoms with Crippen LogP contribution < -0.4 is 5.32 Å². The predicted molar refractivity (Wildman–Crippen MR) is 135 cm³/mol. The van der Waals surface area contributed by atoms with Gasteiger partial charge in [-0.1, -0.05) is 54.1 Å². The highest BCUT2D eigenvalue weighted by atomic mass is 35.5. The number of benzene rings is 3. The quantitative estimate of drug-likeness (QED) is 0.302. The van der Waals surface area contributed by atoms with E-state index in [4.69, 9.17) is 11.6 Å². The molecule has 1 atom stereocenters. The van der Waals surface area contributed by atoms with Gasteiger partial charge >= 0.3 is 0 Å². The third kappa shape index (κ3) is 3.87. The zero-order chi connectivity index (χ0) is 23.7. The number of halogens is 1. The van der Waals surface area contributed by atoms with E-state index in [1.807, 2.05) is 55.5 Å². The van der Waals surface area contributed by atoms with E-state index < -0.39 is 0 Å². The van der Waals surface area contributed by atoms with Crippen LogP contribution in [0.2, 0.25) is 5.02 Å². The molecule has 0 saturated heterocycles. The molecule has 1 unspecified atom stereocenters. The van der Waals surface area contributed by atoms with E-state index in [1.165, 1.54) is 6.33 Å². The smallest absolute Gasteiger partial charge is 0.162 e. The maximum absolute atomic E-state index is 9.25. The van der Waals surface area contributed by atoms with Crippen molar-refractivity contribution in [3.63, 3.8) is 0 Å². The second-order valence-electron chi connectivity index (χ2n) is 8.07. The molecule has 0 bridgehead atoms. The van der Waals surface area contributed by atoms with Crippen molar-refractivity contribution in [3.05, 3.63) is 95.0 Å². The normalized spacial score (nSPS) is 11.8. The van der Waals surface area contributed by atoms with Gasteiger partial charge in [-0.05, 0) is 65.4 Å². The van der Waals surface area contributed by atoms with E-state index in [0.29, 0.717) is 27.6 Å². The lowest BCUT2D eigenvalue weighted by Gasteiger charge is -2.24. The van der Waals surface area contributed by atoms with Crippen molar-refractivity contribution in [1.82, 2.24) is 19.9 Å². The monoisotopic (exact) mass is 464 g/mol. The molecule has 5 aromatic rings. The van der Waals surface area contributed by atoms with E-state index in [2.05, 4.69) is 50.4 Å². The first kappa shape index (κ1) is 21.6. The van der Waals surface area contributed by atoms with Crippen LogP contribution in [0.25, 0.3) is 33.4 Å². The summed E-state index contributed by atoms with van der Waals surface area (Å²) in [5, 5.41) is 13.4. The summed E-state index contributed by atoms with van der Waals surface area (Å²) in [7, 11) is 0. The van der Waals surface area contributed by atoms with E-state index in [1.54, 1.807) is 6.33 Å². The maximum Gasteiger partial charge on any atom is 0.162 e. The largest absolute Gasteiger partial charge is 0.362 e. The molecule has 0 radical (unpaired) electrons. The molecule has 0 aliphatic carbocycles. The fourth-order valence-corrected chi connectivity index (χ4v) is 4.46. The van der Waals surface area contributed by atoms with Gasteiger partial charge in [-0.3, -0.25) is 0 Å². The molecule has 3 aromatic carbocycles. The van der Waals surface area contributed by atoms with Gasteiger partial charge in [-0.15, -0.1) is 0 Å². The number of aromatic amines is 1. The highest BCUT2D eigenvalue weighted by molar-refractivity contribution is 6.32. The first-order valence-electron chi connectivity index (χ1n) is 10.9. The average Bonchev–Trinajstić information content (AvgIpc) is 3.36. The zero-order valence-corrected chi connectivity index (χ0v) is 19.4. The van der Waals surface area contributed by atoms with Crippen LogP contribution >= 0.6 is 11.6 Å². The number of nitrogens with one attached hydrogen (secondary N) is 2. The molecule has 6 nitrogen and oxygen atoms in total. The first-order chi connectivity index (χ1) is 16.6. The van der Waals surface area contributed by atoms with Gasteiger partial charge in [0.25, 0.3) is 0 Å². The van der Waals surface area contributed by atoms with Gasteiger partial charge in [-0.25, -0.2) is 15.0 Å². The second-order valence-corrected chi connectivity index (χ2v) is 8.47. The predicted octanol–water partition coefficient (Wildman–Crippen LogP) is 6.69. The number of fused-ring (bicyclic) bond motifs is 1. The molecule has 34 heavy (non-hydrogen) atoms. The Bertz CT molecular complexity index is 1520. The van der Waals surface area contributed by atoms with Crippen molar-refractivity contribution in [2.45, 2.75) is 19.9 Å². The van der Waals surface area contributed by atoms with Crippen LogP contribution in [0.5, 0.6) is 0 Å². The van der Waals surface area contributed by atoms with Gasteiger partial charge < -0.3 is 10.3 Å². The van der Waals surface area contributed by atoms with E-state index in [-0.39, 0.29) is 6.04 Å². The Morgan fingerprint density at radius 1 is 0.971 bits per heavy atom. The van der Waals surface area contributed by atoms with Crippen molar-refractivity contribution in [2.75, 3.05) is 5.32 Å². The molecule has 0 amide bonds. The molecule has 5 rings (SSSR count). The first-order valence-corrected chi connectivity index (χ1v) is 11.2. The van der Waals surface area contributed by atoms with Crippen LogP contribution in [0.1, 0.15) is 29.7 Å². The van der Waals surface area contributed by atoms with Crippen LogP contribution in [-0.2, 0) is 0 Å². The molecular formula is C27H21ClN6. The summed E-state index contributed by atoms with van der Waals surface area (Å²) in [6, 6.07) is 22.0. The van der Waals surface area contributed by atoms with E-state index in [0.717, 1.165) is 33.4 Å². The summed E-state index contributed by atoms with van der Waals surface area (Å²) >= 11 is 6.79. The van der Waals surface area contributed by atoms with Crippen molar-refractivity contribution in [1.29, 1.82) is 5.26 Å². The second kappa shape index (κ2) is 8.97. The van der Waals surface area contributed by atoms with E-state index in [9.17, 15) is 5.26 Å². The average molecular weight is 465 g/mol. The Hall–Kier alpha value is -4.21. The number of hydrogen-bond acceptors (Lipinski definition) is 5. The SMILES string of the molecule is Cc1c(Cl)cc(C(C)Nc2ncnc3[nH]cnc23)c(-c2ccccc2)c1-c1ccc(C#N)cc1. The number of aromatic nitrogens is 4. The minimum atomic E-state index is -0.139. The summed E-state index contributed by atoms with van der Waals surface area (Å²) in [4.78, 5) is 16.0. The fraction of sp³-hybridized carbons (Fsp3) is 0.111. The minimum Gasteiger partial charge on any atom is -0.362 e. The van der Waals surface area contributed by atoms with Gasteiger partial charge in [0.1, 0.15) is 11.8 Å². The molecule has 0 aliphatic rings. The highest BCUT2D eigenvalue weighted by Gasteiger charge is 2.22. The molecule has 7 heteroatoms. The molecule has 2 aromatic heterocycles. The number of imidazole rings is 1. The summed E-state index contributed by atoms with van der Waals surface area (Å²) < 4.78 is 0. The van der Waals surface area contributed by atoms with Gasteiger partial charge in [0.2, 0.25) is 0 Å². The maximum atomic E-state index is 9.25. The number of nitriles is 1. The Labute approximate surface area is 202 Å². The standard InChI is InChI=1S/C27H21ClN6/c1-16-22(28)12-21(17(2)34-27-25-26(31-14-30-25)32-15-33-27)24(19-6-4-3-5-7-19)23(16)20-10-8-18(13-29)9-11-20/h3-12,14-15,17H,1-2H3,(H2,30,31,32,33,34). The van der Waals surface area contributed by atoms with Crippen LogP contribution in [0.3, 0.4) is 0 Å². The summed E-state index contributed by atoms with van der Waals surface area (Å²) in [6.07, 6.45) is 3.12. The molecular weight excluding hydrogens is 444 g/mol. The summed E-state index contributed by atoms with van der Waals surface area (Å²) in [5.41, 5.74) is 8.20. The van der Waals surface area contributed by atoms with Crippen LogP contribution in [-0.4, -0.2) is 19.9 Å². The lowest BCUT2D eigenvalue weighted by atomic mass is 9.85. The van der Waals surface area contributed by atoms with Gasteiger partial charge in [-0.2, -0.15) is 5.26 Å². The lowest BCUT2D eigenvalue weighted by Crippen LogP contribution is -2.11. The zero-order valence-electron chi connectivity index (χ0n) is 18.7. The van der Waals surface area contributed by atoms with Crippen molar-refractivity contribution in [3.8, 4) is 28.3 Å². The van der Waals surface area contributed by atoms with Crippen molar-refractivity contribution < 1.29 is 0 Å². The van der Waals surface area contributed by atoms with Crippen LogP contribution in [0, 0.1) is 18.3 Å². The van der Waals surface area contributed by atoms with Crippen LogP contribution in [0.4, 0.5) is 5.82 Å². The Kier molecular flexibility index (Phi) is 5.70. The fourth-order valence-electron chi connectivity index (χ4n) is 4.25. The van der Waals surface area contributed by atoms with Crippen molar-refractivity contribution >= 4 is 28.6 Å². The van der Waals surface area contributed by atoms with E-state index >= 15 is 0 Å². The lowest BCUT2D eigenvalue weighted by molar-refractivity contribution is 0.877. The number of nitrogens with zero attached hydrogens (tertiary/aromatic N) is 4. The molecule has 0 spiro atoms. The third-order valence-electron chi connectivity index (χ3n) is 5.96.